The highest BCUT2D eigenvalue weighted by atomic mass is 14.9. The Morgan fingerprint density at radius 3 is 1.88 bits per heavy atom. The molecule has 2 aliphatic rings. The zero-order valence-corrected chi connectivity index (χ0v) is 26.8. The van der Waals surface area contributed by atoms with Gasteiger partial charge in [-0.05, 0) is 68.6 Å². The van der Waals surface area contributed by atoms with E-state index in [4.69, 9.17) is 9.97 Å². The van der Waals surface area contributed by atoms with Crippen LogP contribution in [0.5, 0.6) is 0 Å². The van der Waals surface area contributed by atoms with Crippen molar-refractivity contribution in [1.82, 2.24) is 9.97 Å². The van der Waals surface area contributed by atoms with E-state index in [1.165, 1.54) is 38.9 Å². The van der Waals surface area contributed by atoms with E-state index in [-0.39, 0.29) is 5.92 Å². The van der Waals surface area contributed by atoms with Crippen LogP contribution in [-0.4, -0.2) is 9.97 Å². The van der Waals surface area contributed by atoms with Crippen molar-refractivity contribution < 1.29 is 0 Å². The molecule has 0 radical (unpaired) electrons. The first-order valence-electron chi connectivity index (χ1n) is 16.8. The molecule has 2 atom stereocenters. The minimum absolute atomic E-state index is 0.143. The summed E-state index contributed by atoms with van der Waals surface area (Å²) in [6.45, 7) is 2.24. The van der Waals surface area contributed by atoms with Gasteiger partial charge >= 0.3 is 0 Å². The summed E-state index contributed by atoms with van der Waals surface area (Å²) in [6.07, 6.45) is 8.69. The van der Waals surface area contributed by atoms with E-state index in [0.717, 1.165) is 33.5 Å². The molecule has 0 spiro atoms. The van der Waals surface area contributed by atoms with Crippen LogP contribution in [0.4, 0.5) is 0 Å². The van der Waals surface area contributed by atoms with Gasteiger partial charge in [0.15, 0.2) is 0 Å². The molecule has 0 saturated carbocycles. The SMILES string of the molecule is CC1C=CC=CC1c1nc(-c2cccc(-c3cccc(C4(c5ccccc5)c5ccccc5-c5ccccc54)c3)c2)c2ccccc2n1. The van der Waals surface area contributed by atoms with Gasteiger partial charge in [-0.15, -0.1) is 0 Å². The number of aromatic nitrogens is 2. The first kappa shape index (κ1) is 28.4. The molecule has 0 saturated heterocycles. The largest absolute Gasteiger partial charge is 0.232 e. The summed E-state index contributed by atoms with van der Waals surface area (Å²) >= 11 is 0. The van der Waals surface area contributed by atoms with E-state index < -0.39 is 5.41 Å². The van der Waals surface area contributed by atoms with Crippen molar-refractivity contribution in [3.63, 3.8) is 0 Å². The quantitative estimate of drug-likeness (QED) is 0.193. The maximum absolute atomic E-state index is 5.27. The van der Waals surface area contributed by atoms with Gasteiger partial charge in [0.05, 0.1) is 16.6 Å². The van der Waals surface area contributed by atoms with Crippen molar-refractivity contribution >= 4 is 10.9 Å². The molecule has 0 N–H and O–H groups in total. The fourth-order valence-corrected chi connectivity index (χ4v) is 7.99. The first-order chi connectivity index (χ1) is 23.7. The van der Waals surface area contributed by atoms with Crippen LogP contribution >= 0.6 is 0 Å². The molecule has 0 fully saturated rings. The second-order valence-electron chi connectivity index (χ2n) is 13.0. The van der Waals surface area contributed by atoms with Gasteiger partial charge in [-0.2, -0.15) is 0 Å². The van der Waals surface area contributed by atoms with Crippen molar-refractivity contribution in [1.29, 1.82) is 0 Å². The number of hydrogen-bond donors (Lipinski definition) is 0. The second kappa shape index (κ2) is 11.4. The zero-order chi connectivity index (χ0) is 32.1. The molecule has 48 heavy (non-hydrogen) atoms. The Balaban J connectivity index is 1.22. The Kier molecular flexibility index (Phi) is 6.76. The molecule has 1 heterocycles. The monoisotopic (exact) mass is 614 g/mol. The van der Waals surface area contributed by atoms with Crippen LogP contribution in [0.2, 0.25) is 0 Å². The third kappa shape index (κ3) is 4.41. The Hall–Kier alpha value is -5.86. The summed E-state index contributed by atoms with van der Waals surface area (Å²) in [5.41, 5.74) is 12.7. The van der Waals surface area contributed by atoms with Crippen LogP contribution in [0.25, 0.3) is 44.4 Å². The number of nitrogens with zero attached hydrogens (tertiary/aromatic N) is 2. The number of fused-ring (bicyclic) bond motifs is 4. The maximum Gasteiger partial charge on any atom is 0.137 e. The highest BCUT2D eigenvalue weighted by Gasteiger charge is 2.45. The molecule has 228 valence electrons. The van der Waals surface area contributed by atoms with Gasteiger partial charge in [0.2, 0.25) is 0 Å². The normalized spacial score (nSPS) is 17.3. The van der Waals surface area contributed by atoms with Crippen molar-refractivity contribution in [2.75, 3.05) is 0 Å². The molecule has 6 aromatic carbocycles. The third-order valence-electron chi connectivity index (χ3n) is 10.3. The van der Waals surface area contributed by atoms with E-state index in [9.17, 15) is 0 Å². The van der Waals surface area contributed by atoms with Gasteiger partial charge in [0.25, 0.3) is 0 Å². The Labute approximate surface area is 281 Å². The summed E-state index contributed by atoms with van der Waals surface area (Å²) in [5.74, 6) is 1.35. The summed E-state index contributed by atoms with van der Waals surface area (Å²) in [6, 6.07) is 55.2. The average molecular weight is 615 g/mol. The predicted molar refractivity (Wildman–Crippen MR) is 198 cm³/mol. The smallest absolute Gasteiger partial charge is 0.137 e. The highest BCUT2D eigenvalue weighted by molar-refractivity contribution is 5.93. The molecule has 2 aliphatic carbocycles. The van der Waals surface area contributed by atoms with Crippen molar-refractivity contribution in [3.05, 3.63) is 204 Å². The van der Waals surface area contributed by atoms with E-state index in [1.807, 2.05) is 0 Å². The molecule has 2 unspecified atom stereocenters. The number of hydrogen-bond acceptors (Lipinski definition) is 2. The summed E-state index contributed by atoms with van der Waals surface area (Å²) < 4.78 is 0. The van der Waals surface area contributed by atoms with Gasteiger partial charge in [0, 0.05) is 16.9 Å². The molecule has 1 aromatic heterocycles. The number of benzene rings is 6. The molecule has 2 heteroatoms. The van der Waals surface area contributed by atoms with E-state index in [0.29, 0.717) is 5.92 Å². The molecule has 0 bridgehead atoms. The van der Waals surface area contributed by atoms with Crippen LogP contribution < -0.4 is 0 Å². The van der Waals surface area contributed by atoms with Crippen LogP contribution in [0.15, 0.2) is 176 Å². The lowest BCUT2D eigenvalue weighted by Gasteiger charge is -2.34. The molecular weight excluding hydrogens is 581 g/mol. The predicted octanol–water partition coefficient (Wildman–Crippen LogP) is 11.2. The molecule has 7 aromatic rings. The Morgan fingerprint density at radius 2 is 1.10 bits per heavy atom. The van der Waals surface area contributed by atoms with E-state index in [2.05, 4.69) is 183 Å². The Morgan fingerprint density at radius 1 is 0.500 bits per heavy atom. The average Bonchev–Trinajstić information content (AvgIpc) is 3.46. The Bertz CT molecular complexity index is 2340. The second-order valence-corrected chi connectivity index (χ2v) is 13.0. The molecule has 9 rings (SSSR count). The third-order valence-corrected chi connectivity index (χ3v) is 10.3. The van der Waals surface area contributed by atoms with Gasteiger partial charge in [-0.25, -0.2) is 9.97 Å². The molecular formula is C46H34N2. The maximum atomic E-state index is 5.27. The molecule has 0 aliphatic heterocycles. The van der Waals surface area contributed by atoms with Gasteiger partial charge in [-0.1, -0.05) is 165 Å². The number of para-hydroxylation sites is 1. The van der Waals surface area contributed by atoms with Crippen LogP contribution in [0, 0.1) is 5.92 Å². The number of rotatable bonds is 5. The lowest BCUT2D eigenvalue weighted by atomic mass is 9.67. The van der Waals surface area contributed by atoms with Crippen molar-refractivity contribution in [2.45, 2.75) is 18.3 Å². The van der Waals surface area contributed by atoms with E-state index in [1.54, 1.807) is 0 Å². The van der Waals surface area contributed by atoms with Crippen molar-refractivity contribution in [3.8, 4) is 33.5 Å². The zero-order valence-electron chi connectivity index (χ0n) is 26.8. The molecule has 0 amide bonds. The van der Waals surface area contributed by atoms with Crippen LogP contribution in [-0.2, 0) is 5.41 Å². The molecule has 2 nitrogen and oxygen atoms in total. The lowest BCUT2D eigenvalue weighted by Crippen LogP contribution is -2.28. The van der Waals surface area contributed by atoms with Gasteiger partial charge in [0.1, 0.15) is 5.82 Å². The summed E-state index contributed by atoms with van der Waals surface area (Å²) in [5, 5.41) is 1.07. The summed E-state index contributed by atoms with van der Waals surface area (Å²) in [4.78, 5) is 10.3. The topological polar surface area (TPSA) is 25.8 Å². The minimum Gasteiger partial charge on any atom is -0.232 e. The first-order valence-corrected chi connectivity index (χ1v) is 16.8. The minimum atomic E-state index is -0.432. The fourth-order valence-electron chi connectivity index (χ4n) is 7.99. The summed E-state index contributed by atoms with van der Waals surface area (Å²) in [7, 11) is 0. The van der Waals surface area contributed by atoms with Crippen LogP contribution in [0.1, 0.15) is 40.9 Å². The van der Waals surface area contributed by atoms with Crippen molar-refractivity contribution in [2.24, 2.45) is 5.92 Å². The van der Waals surface area contributed by atoms with Gasteiger partial charge < -0.3 is 0 Å². The van der Waals surface area contributed by atoms with Gasteiger partial charge in [-0.3, -0.25) is 0 Å². The van der Waals surface area contributed by atoms with E-state index >= 15 is 0 Å². The number of allylic oxidation sites excluding steroid dienone is 4. The highest BCUT2D eigenvalue weighted by Crippen LogP contribution is 2.56. The standard InChI is InChI=1S/C46H34N2/c1-31-15-5-6-22-37(31)45-47-43-28-12-9-25-40(43)44(48-45)34-18-13-16-32(29-34)33-17-14-21-36(30-33)46(35-19-3-2-4-20-35)41-26-10-7-23-38(41)39-24-8-11-27-42(39)46/h2-31,37H,1H3. The fraction of sp³-hybridized carbons (Fsp3) is 0.0870. The van der Waals surface area contributed by atoms with Crippen LogP contribution in [0.3, 0.4) is 0 Å². The lowest BCUT2D eigenvalue weighted by molar-refractivity contribution is 0.605.